The highest BCUT2D eigenvalue weighted by atomic mass is 16.4. The number of quaternary nitrogens is 2. The van der Waals surface area contributed by atoms with Crippen LogP contribution in [0.4, 0.5) is 11.4 Å². The zero-order valence-electron chi connectivity index (χ0n) is 28.9. The number of aromatic carboxylic acids is 2. The fourth-order valence-corrected chi connectivity index (χ4v) is 6.72. The number of hydrogen-bond acceptors (Lipinski definition) is 5. The van der Waals surface area contributed by atoms with Crippen molar-refractivity contribution < 1.29 is 33.3 Å². The third-order valence-electron chi connectivity index (χ3n) is 9.18. The van der Waals surface area contributed by atoms with E-state index in [1.807, 2.05) is 12.1 Å². The number of allylic oxidation sites excluding steroid dienone is 4. The molecule has 0 saturated carbocycles. The lowest BCUT2D eigenvalue weighted by atomic mass is 9.80. The van der Waals surface area contributed by atoms with Gasteiger partial charge in [0.1, 0.15) is 0 Å². The van der Waals surface area contributed by atoms with Crippen molar-refractivity contribution in [2.45, 2.75) is 51.4 Å². The molecule has 0 saturated heterocycles. The maximum Gasteiger partial charge on any atom is 0.209 e. The van der Waals surface area contributed by atoms with Gasteiger partial charge in [-0.2, -0.15) is 4.58 Å². The van der Waals surface area contributed by atoms with Crippen LogP contribution in [0.15, 0.2) is 60.3 Å². The lowest BCUT2D eigenvalue weighted by Crippen LogP contribution is -2.37. The van der Waals surface area contributed by atoms with Gasteiger partial charge in [-0.15, -0.1) is 0 Å². The van der Waals surface area contributed by atoms with E-state index in [1.165, 1.54) is 0 Å². The minimum absolute atomic E-state index is 0.186. The van der Waals surface area contributed by atoms with Gasteiger partial charge in [0.05, 0.1) is 79.1 Å². The molecular weight excluding hydrogens is 564 g/mol. The molecule has 2 aromatic rings. The van der Waals surface area contributed by atoms with Gasteiger partial charge in [-0.05, 0) is 60.9 Å². The first-order chi connectivity index (χ1) is 20.7. The van der Waals surface area contributed by atoms with Gasteiger partial charge in [-0.1, -0.05) is 26.0 Å². The molecule has 8 nitrogen and oxygen atoms in total. The molecule has 2 aromatic carbocycles. The van der Waals surface area contributed by atoms with Gasteiger partial charge in [0.15, 0.2) is 12.3 Å². The van der Waals surface area contributed by atoms with Crippen LogP contribution in [0.2, 0.25) is 0 Å². The molecule has 0 unspecified atom stereocenters. The van der Waals surface area contributed by atoms with Crippen LogP contribution in [-0.4, -0.2) is 99.7 Å². The Kier molecular flexibility index (Phi) is 9.26. The predicted molar refractivity (Wildman–Crippen MR) is 177 cm³/mol. The number of benzene rings is 2. The molecule has 8 heteroatoms. The number of hydrogen-bond donors (Lipinski definition) is 0. The van der Waals surface area contributed by atoms with Crippen molar-refractivity contribution in [2.75, 3.05) is 73.4 Å². The second-order valence-electron chi connectivity index (χ2n) is 15.6. The standard InChI is InChI=1S/C37H51N4O4/c1-36(2)28-24-26(34(42)43)16-18-30(28)38(20-12-22-40(5,6)7)32(36)14-11-15-33-37(3,4)29-25-27(35(44)45)17-19-31(29)39(33)21-13-23-41(8,9)10/h11,14-19,24-25H,12-13,20-23H2,1-10H3/q+1. The molecule has 45 heavy (non-hydrogen) atoms. The molecule has 0 N–H and O–H groups in total. The van der Waals surface area contributed by atoms with Gasteiger partial charge >= 0.3 is 0 Å². The molecule has 0 fully saturated rings. The molecule has 0 atom stereocenters. The molecule has 0 amide bonds. The van der Waals surface area contributed by atoms with Crippen LogP contribution in [0, 0.1) is 0 Å². The minimum Gasteiger partial charge on any atom is -0.545 e. The number of carboxylic acid groups (broad SMARTS) is 2. The third kappa shape index (κ3) is 7.23. The average molecular weight is 616 g/mol. The molecule has 0 radical (unpaired) electrons. The largest absolute Gasteiger partial charge is 0.545 e. The van der Waals surface area contributed by atoms with Crippen LogP contribution in [0.25, 0.3) is 0 Å². The maximum absolute atomic E-state index is 11.8. The quantitative estimate of drug-likeness (QED) is 0.271. The summed E-state index contributed by atoms with van der Waals surface area (Å²) in [4.78, 5) is 25.8. The fourth-order valence-electron chi connectivity index (χ4n) is 6.72. The Labute approximate surface area is 269 Å². The Morgan fingerprint density at radius 2 is 1.36 bits per heavy atom. The first-order valence-electron chi connectivity index (χ1n) is 15.9. The van der Waals surface area contributed by atoms with E-state index in [2.05, 4.69) is 97.7 Å². The van der Waals surface area contributed by atoms with Crippen LogP contribution in [0.3, 0.4) is 0 Å². The maximum atomic E-state index is 11.8. The van der Waals surface area contributed by atoms with Gasteiger partial charge in [0.2, 0.25) is 5.69 Å². The first kappa shape index (κ1) is 34.1. The fraction of sp³-hybridized carbons (Fsp3) is 0.486. The van der Waals surface area contributed by atoms with E-state index < -0.39 is 22.8 Å². The monoisotopic (exact) mass is 615 g/mol. The summed E-state index contributed by atoms with van der Waals surface area (Å²) in [5.41, 5.74) is 5.76. The second kappa shape index (κ2) is 12.2. The molecule has 2 aliphatic rings. The van der Waals surface area contributed by atoms with E-state index in [9.17, 15) is 19.8 Å². The van der Waals surface area contributed by atoms with E-state index in [0.717, 1.165) is 81.9 Å². The summed E-state index contributed by atoms with van der Waals surface area (Å²) < 4.78 is 4.06. The van der Waals surface area contributed by atoms with Crippen LogP contribution < -0.4 is 15.1 Å². The average Bonchev–Trinajstić information content (AvgIpc) is 3.25. The lowest BCUT2D eigenvalue weighted by Gasteiger charge is -2.29. The van der Waals surface area contributed by atoms with Crippen molar-refractivity contribution in [1.29, 1.82) is 0 Å². The zero-order valence-corrected chi connectivity index (χ0v) is 28.9. The Balaban J connectivity index is 1.77. The Bertz CT molecular complexity index is 1580. The molecule has 0 aliphatic carbocycles. The van der Waals surface area contributed by atoms with Crippen LogP contribution in [0.1, 0.15) is 72.4 Å². The van der Waals surface area contributed by atoms with E-state index in [-0.39, 0.29) is 11.1 Å². The Morgan fingerprint density at radius 1 is 0.800 bits per heavy atom. The summed E-state index contributed by atoms with van der Waals surface area (Å²) in [6.45, 7) is 12.2. The number of carbonyl (C=O) groups excluding carboxylic acids is 2. The Morgan fingerprint density at radius 3 is 1.93 bits per heavy atom. The van der Waals surface area contributed by atoms with Crippen molar-refractivity contribution in [3.05, 3.63) is 82.6 Å². The molecule has 242 valence electrons. The SMILES string of the molecule is CC1(C)C(/C=C/C=C2/N(CCC[N+](C)(C)C)c3ccc(C(=O)[O-])cc3C2(C)C)=[N+](CCC[N+](C)(C)C)c2ccc(C(=O)[O-])cc21. The number of carbonyl (C=O) groups is 2. The van der Waals surface area contributed by atoms with E-state index in [1.54, 1.807) is 24.3 Å². The summed E-state index contributed by atoms with van der Waals surface area (Å²) in [6, 6.07) is 10.6. The Hall–Kier alpha value is -3.75. The van der Waals surface area contributed by atoms with Gasteiger partial charge in [-0.25, -0.2) is 0 Å². The first-order valence-corrected chi connectivity index (χ1v) is 15.9. The number of carboxylic acids is 2. The summed E-state index contributed by atoms with van der Waals surface area (Å²) in [6.07, 6.45) is 8.37. The molecule has 0 spiro atoms. The number of anilines is 1. The number of fused-ring (bicyclic) bond motifs is 2. The van der Waals surface area contributed by atoms with E-state index >= 15 is 0 Å². The molecule has 0 aromatic heterocycles. The van der Waals surface area contributed by atoms with Gasteiger partial charge in [-0.3, -0.25) is 0 Å². The molecular formula is C37H51N4O4+. The third-order valence-corrected chi connectivity index (χ3v) is 9.18. The topological polar surface area (TPSA) is 86.5 Å². The van der Waals surface area contributed by atoms with Crippen molar-refractivity contribution in [3.63, 3.8) is 0 Å². The minimum atomic E-state index is -1.17. The highest BCUT2D eigenvalue weighted by Gasteiger charge is 2.45. The highest BCUT2D eigenvalue weighted by molar-refractivity contribution is 6.04. The molecule has 4 rings (SSSR count). The molecule has 0 bridgehead atoms. The lowest BCUT2D eigenvalue weighted by molar-refractivity contribution is -0.871. The van der Waals surface area contributed by atoms with Gasteiger partial charge in [0.25, 0.3) is 0 Å². The summed E-state index contributed by atoms with van der Waals surface area (Å²) in [5, 5.41) is 23.5. The van der Waals surface area contributed by atoms with Crippen molar-refractivity contribution in [1.82, 2.24) is 0 Å². The van der Waals surface area contributed by atoms with Crippen molar-refractivity contribution in [2.24, 2.45) is 0 Å². The highest BCUT2D eigenvalue weighted by Crippen LogP contribution is 2.48. The van der Waals surface area contributed by atoms with E-state index in [0.29, 0.717) is 0 Å². The summed E-state index contributed by atoms with van der Waals surface area (Å²) in [7, 11) is 13.1. The van der Waals surface area contributed by atoms with Crippen LogP contribution in [0.5, 0.6) is 0 Å². The molecule has 2 heterocycles. The predicted octanol–water partition coefficient (Wildman–Crippen LogP) is 3.22. The van der Waals surface area contributed by atoms with E-state index in [4.69, 9.17) is 0 Å². The summed E-state index contributed by atoms with van der Waals surface area (Å²) >= 11 is 0. The van der Waals surface area contributed by atoms with Crippen molar-refractivity contribution >= 4 is 29.0 Å². The smallest absolute Gasteiger partial charge is 0.209 e. The zero-order chi connectivity index (χ0) is 33.5. The van der Waals surface area contributed by atoms with Crippen molar-refractivity contribution in [3.8, 4) is 0 Å². The number of rotatable bonds is 12. The summed E-state index contributed by atoms with van der Waals surface area (Å²) in [5.74, 6) is -2.34. The number of nitrogens with zero attached hydrogens (tertiary/aromatic N) is 4. The normalized spacial score (nSPS) is 18.2. The van der Waals surface area contributed by atoms with Crippen LogP contribution in [-0.2, 0) is 10.8 Å². The van der Waals surface area contributed by atoms with Gasteiger partial charge in [0, 0.05) is 47.5 Å². The van der Waals surface area contributed by atoms with Gasteiger partial charge < -0.3 is 33.7 Å². The second-order valence-corrected chi connectivity index (χ2v) is 15.6. The molecule has 2 aliphatic heterocycles. The van der Waals surface area contributed by atoms with Crippen LogP contribution >= 0.6 is 0 Å².